The number of amides is 1. The number of aliphatic hydroxyl groups excluding tert-OH is 2. The third-order valence-corrected chi connectivity index (χ3v) is 8.03. The lowest BCUT2D eigenvalue weighted by Crippen LogP contribution is -2.71. The van der Waals surface area contributed by atoms with Crippen LogP contribution in [0.25, 0.3) is 0 Å². The molecule has 1 aromatic rings. The molecule has 1 aromatic carbocycles. The molecule has 0 radical (unpaired) electrons. The molecular weight excluding hydrogens is 533 g/mol. The van der Waals surface area contributed by atoms with Gasteiger partial charge in [0.2, 0.25) is 5.78 Å². The summed E-state index contributed by atoms with van der Waals surface area (Å²) in [5.74, 6) is -6.72. The molecule has 172 valence electrons. The van der Waals surface area contributed by atoms with Crippen LogP contribution in [0.1, 0.15) is 22.3 Å². The lowest BCUT2D eigenvalue weighted by Gasteiger charge is -2.55. The van der Waals surface area contributed by atoms with Gasteiger partial charge >= 0.3 is 0 Å². The van der Waals surface area contributed by atoms with E-state index in [4.69, 9.17) is 11.5 Å². The molecule has 1 fully saturated rings. The van der Waals surface area contributed by atoms with E-state index in [1.54, 1.807) is 20.2 Å². The van der Waals surface area contributed by atoms with Gasteiger partial charge in [0, 0.05) is 9.49 Å². The van der Waals surface area contributed by atoms with Gasteiger partial charge in [-0.25, -0.2) is 0 Å². The van der Waals surface area contributed by atoms with Gasteiger partial charge in [0.1, 0.15) is 17.4 Å². The van der Waals surface area contributed by atoms with Crippen LogP contribution < -0.4 is 11.5 Å². The molecule has 32 heavy (non-hydrogen) atoms. The molecule has 3 aliphatic rings. The highest BCUT2D eigenvalue weighted by Gasteiger charge is 2.66. The molecule has 0 aromatic heterocycles. The number of nitrogens with zero attached hydrogens (tertiary/aromatic N) is 1. The molecule has 10 nitrogen and oxygen atoms in total. The Bertz CT molecular complexity index is 1100. The standard InChI is InChI=1S/C21H24IN3O7/c1-25(2)14-8-4-6-3-7-5-9(22)13(23)16(27)10(7)15(26)11(6)18(29)21(8,32)19(30)12(17(14)28)20(24)31/h5-6,8,11,14,18,27-29,32H,3-4,23H2,1-2H3,(H2,24,31). The van der Waals surface area contributed by atoms with Crippen molar-refractivity contribution in [3.8, 4) is 5.75 Å². The normalized spacial score (nSPS) is 34.2. The smallest absolute Gasteiger partial charge is 0.255 e. The maximum absolute atomic E-state index is 13.4. The summed E-state index contributed by atoms with van der Waals surface area (Å²) in [4.78, 5) is 40.1. The Kier molecular flexibility index (Phi) is 5.31. The second-order valence-corrected chi connectivity index (χ2v) is 10.1. The Morgan fingerprint density at radius 2 is 1.91 bits per heavy atom. The Morgan fingerprint density at radius 3 is 2.47 bits per heavy atom. The Balaban J connectivity index is 1.89. The minimum atomic E-state index is -2.52. The number of phenols is 1. The predicted octanol–water partition coefficient (Wildman–Crippen LogP) is -0.528. The summed E-state index contributed by atoms with van der Waals surface area (Å²) < 4.78 is 0.573. The average molecular weight is 557 g/mol. The van der Waals surface area contributed by atoms with Gasteiger partial charge in [-0.05, 0) is 67.1 Å². The van der Waals surface area contributed by atoms with Gasteiger partial charge in [0.25, 0.3) is 5.91 Å². The van der Waals surface area contributed by atoms with Gasteiger partial charge in [0.15, 0.2) is 17.1 Å². The topological polar surface area (TPSA) is 187 Å². The van der Waals surface area contributed by atoms with Gasteiger partial charge in [-0.2, -0.15) is 0 Å². The number of aromatic hydroxyl groups is 1. The summed E-state index contributed by atoms with van der Waals surface area (Å²) >= 11 is 1.95. The quantitative estimate of drug-likeness (QED) is 0.120. The number of benzene rings is 1. The molecule has 0 bridgehead atoms. The minimum Gasteiger partial charge on any atom is -0.510 e. The minimum absolute atomic E-state index is 0.0309. The lowest BCUT2D eigenvalue weighted by molar-refractivity contribution is -0.190. The number of aliphatic hydroxyl groups is 3. The summed E-state index contributed by atoms with van der Waals surface area (Å²) in [6.07, 6.45) is -1.49. The van der Waals surface area contributed by atoms with Crippen LogP contribution in [0.15, 0.2) is 17.4 Å². The van der Waals surface area contributed by atoms with E-state index >= 15 is 0 Å². The Hall–Kier alpha value is -2.22. The van der Waals surface area contributed by atoms with Crippen molar-refractivity contribution >= 4 is 45.8 Å². The van der Waals surface area contributed by atoms with Crippen molar-refractivity contribution in [2.75, 3.05) is 19.8 Å². The first-order chi connectivity index (χ1) is 14.8. The number of phenolic OH excluding ortho intramolecular Hbond substituents is 1. The molecule has 3 aliphatic carbocycles. The molecule has 0 saturated heterocycles. The summed E-state index contributed by atoms with van der Waals surface area (Å²) in [5, 5.41) is 44.0. The number of nitrogen functional groups attached to an aromatic ring is 1. The number of carbonyl (C=O) groups excluding carboxylic acids is 3. The van der Waals surface area contributed by atoms with Crippen molar-refractivity contribution in [1.82, 2.24) is 4.90 Å². The number of Topliss-reactive ketones (excluding diaryl/α,β-unsaturated/α-hetero) is 2. The molecule has 6 unspecified atom stereocenters. The third-order valence-electron chi connectivity index (χ3n) is 7.13. The Labute approximate surface area is 197 Å². The average Bonchev–Trinajstić information content (AvgIpc) is 2.68. The van der Waals surface area contributed by atoms with Gasteiger partial charge in [-0.1, -0.05) is 0 Å². The number of ketones is 2. The van der Waals surface area contributed by atoms with E-state index in [0.29, 0.717) is 15.6 Å². The van der Waals surface area contributed by atoms with Crippen molar-refractivity contribution in [1.29, 1.82) is 0 Å². The largest absolute Gasteiger partial charge is 0.510 e. The molecule has 1 amide bonds. The Morgan fingerprint density at radius 1 is 1.28 bits per heavy atom. The number of fused-ring (bicyclic) bond motifs is 3. The van der Waals surface area contributed by atoms with Crippen molar-refractivity contribution in [2.45, 2.75) is 30.6 Å². The zero-order valence-electron chi connectivity index (χ0n) is 17.4. The van der Waals surface area contributed by atoms with E-state index in [-0.39, 0.29) is 17.7 Å². The summed E-state index contributed by atoms with van der Waals surface area (Å²) in [5.41, 5.74) is 8.43. The van der Waals surface area contributed by atoms with Crippen molar-refractivity contribution < 1.29 is 34.8 Å². The first kappa shape index (κ1) is 23.0. The molecule has 4 rings (SSSR count). The summed E-state index contributed by atoms with van der Waals surface area (Å²) in [6, 6.07) is 0.719. The van der Waals surface area contributed by atoms with Crippen LogP contribution in [0.2, 0.25) is 0 Å². The van der Waals surface area contributed by atoms with Gasteiger partial charge in [0.05, 0.1) is 23.2 Å². The summed E-state index contributed by atoms with van der Waals surface area (Å²) in [6.45, 7) is 0. The number of carbonyl (C=O) groups is 3. The number of anilines is 1. The number of hydrogen-bond donors (Lipinski definition) is 6. The van der Waals surface area contributed by atoms with Crippen molar-refractivity contribution in [3.63, 3.8) is 0 Å². The highest BCUT2D eigenvalue weighted by atomic mass is 127. The molecule has 0 heterocycles. The number of halogens is 1. The third kappa shape index (κ3) is 2.84. The van der Waals surface area contributed by atoms with Gasteiger partial charge < -0.3 is 31.9 Å². The maximum Gasteiger partial charge on any atom is 0.255 e. The molecule has 1 saturated carbocycles. The van der Waals surface area contributed by atoms with Crippen LogP contribution in [-0.2, 0) is 16.0 Å². The van der Waals surface area contributed by atoms with Crippen LogP contribution in [-0.4, -0.2) is 74.6 Å². The van der Waals surface area contributed by atoms with Crippen molar-refractivity contribution in [2.24, 2.45) is 23.5 Å². The fourth-order valence-electron chi connectivity index (χ4n) is 5.73. The zero-order valence-corrected chi connectivity index (χ0v) is 19.5. The zero-order chi connectivity index (χ0) is 23.9. The maximum atomic E-state index is 13.4. The summed E-state index contributed by atoms with van der Waals surface area (Å²) in [7, 11) is 3.19. The van der Waals surface area contributed by atoms with Crippen molar-refractivity contribution in [3.05, 3.63) is 32.1 Å². The van der Waals surface area contributed by atoms with E-state index in [1.807, 2.05) is 22.6 Å². The van der Waals surface area contributed by atoms with E-state index in [0.717, 1.165) is 0 Å². The van der Waals surface area contributed by atoms with E-state index in [1.165, 1.54) is 4.90 Å². The molecule has 6 atom stereocenters. The fraction of sp³-hybridized carbons (Fsp3) is 0.476. The molecule has 0 spiro atoms. The highest BCUT2D eigenvalue weighted by molar-refractivity contribution is 14.1. The first-order valence-electron chi connectivity index (χ1n) is 10.0. The van der Waals surface area contributed by atoms with E-state index < -0.39 is 70.1 Å². The number of primary amides is 1. The fourth-order valence-corrected chi connectivity index (χ4v) is 6.36. The van der Waals surface area contributed by atoms with Crippen LogP contribution in [0, 0.1) is 21.3 Å². The first-order valence-corrected chi connectivity index (χ1v) is 11.1. The number of hydrogen-bond acceptors (Lipinski definition) is 9. The number of rotatable bonds is 2. The van der Waals surface area contributed by atoms with Gasteiger partial charge in [-0.15, -0.1) is 0 Å². The highest BCUT2D eigenvalue weighted by Crippen LogP contribution is 2.53. The molecule has 8 N–H and O–H groups in total. The lowest BCUT2D eigenvalue weighted by atomic mass is 9.53. The van der Waals surface area contributed by atoms with Crippen LogP contribution in [0.4, 0.5) is 5.69 Å². The SMILES string of the molecule is CN(C)C1C(O)=C(C(N)=O)C(=O)C2(O)C(O)C3C(=O)c4c(cc(I)c(N)c4O)CC3CC12. The van der Waals surface area contributed by atoms with E-state index in [2.05, 4.69) is 0 Å². The molecule has 11 heteroatoms. The van der Waals surface area contributed by atoms with Gasteiger partial charge in [-0.3, -0.25) is 19.3 Å². The molecular formula is C21H24IN3O7. The van der Waals surface area contributed by atoms with Crippen LogP contribution >= 0.6 is 22.6 Å². The monoisotopic (exact) mass is 557 g/mol. The van der Waals surface area contributed by atoms with Crippen LogP contribution in [0.3, 0.4) is 0 Å². The second kappa shape index (κ2) is 7.40. The van der Waals surface area contributed by atoms with E-state index in [9.17, 15) is 34.8 Å². The predicted molar refractivity (Wildman–Crippen MR) is 121 cm³/mol. The molecule has 0 aliphatic heterocycles. The number of nitrogens with two attached hydrogens (primary N) is 2. The number of likely N-dealkylation sites (N-methyl/N-ethyl adjacent to an activating group) is 1. The second-order valence-electron chi connectivity index (χ2n) is 8.98. The van der Waals surface area contributed by atoms with Crippen LogP contribution in [0.5, 0.6) is 5.75 Å².